The van der Waals surface area contributed by atoms with Gasteiger partial charge in [0.1, 0.15) is 5.82 Å². The van der Waals surface area contributed by atoms with Crippen LogP contribution in [0.15, 0.2) is 79.1 Å². The van der Waals surface area contributed by atoms with Crippen molar-refractivity contribution in [3.05, 3.63) is 96.2 Å². The molecule has 138 valence electrons. The second-order valence-corrected chi connectivity index (χ2v) is 6.36. The van der Waals surface area contributed by atoms with E-state index in [-0.39, 0.29) is 17.4 Å². The molecule has 0 saturated carbocycles. The van der Waals surface area contributed by atoms with Gasteiger partial charge in [-0.1, -0.05) is 17.7 Å². The lowest BCUT2D eigenvalue weighted by atomic mass is 10.2. The third-order valence-electron chi connectivity index (χ3n) is 4.28. The first-order valence-electron chi connectivity index (χ1n) is 8.74. The number of hydrogen-bond donors (Lipinski definition) is 1. The number of anilines is 1. The van der Waals surface area contributed by atoms with E-state index < -0.39 is 0 Å². The first-order valence-corrected chi connectivity index (χ1v) is 8.74. The summed E-state index contributed by atoms with van der Waals surface area (Å²) in [6.45, 7) is 1.98. The minimum atomic E-state index is -0.337. The normalized spacial score (nSPS) is 10.6. The maximum atomic E-state index is 13.3. The van der Waals surface area contributed by atoms with Crippen LogP contribution in [0.5, 0.6) is 0 Å². The Morgan fingerprint density at radius 1 is 1.04 bits per heavy atom. The Hall–Kier alpha value is -3.80. The van der Waals surface area contributed by atoms with Gasteiger partial charge >= 0.3 is 0 Å². The van der Waals surface area contributed by atoms with Crippen molar-refractivity contribution >= 4 is 11.6 Å². The molecule has 0 unspecified atom stereocenters. The van der Waals surface area contributed by atoms with Crippen LogP contribution in [0, 0.1) is 12.7 Å². The number of aryl methyl sites for hydroxylation is 1. The Bertz CT molecular complexity index is 1100. The smallest absolute Gasteiger partial charge is 0.276 e. The molecule has 0 bridgehead atoms. The fourth-order valence-corrected chi connectivity index (χ4v) is 2.82. The number of pyridine rings is 1. The van der Waals surface area contributed by atoms with Crippen molar-refractivity contribution in [2.75, 3.05) is 5.32 Å². The summed E-state index contributed by atoms with van der Waals surface area (Å²) in [6, 6.07) is 18.9. The monoisotopic (exact) mass is 372 g/mol. The zero-order valence-electron chi connectivity index (χ0n) is 15.1. The fraction of sp³-hybridized carbons (Fsp3) is 0.0455. The van der Waals surface area contributed by atoms with Crippen LogP contribution in [0.3, 0.4) is 0 Å². The van der Waals surface area contributed by atoms with Crippen molar-refractivity contribution in [2.45, 2.75) is 6.92 Å². The van der Waals surface area contributed by atoms with E-state index in [2.05, 4.69) is 15.4 Å². The van der Waals surface area contributed by atoms with Gasteiger partial charge in [-0.3, -0.25) is 9.78 Å². The molecule has 2 heterocycles. The topological polar surface area (TPSA) is 59.8 Å². The molecule has 0 aliphatic heterocycles. The van der Waals surface area contributed by atoms with Crippen LogP contribution in [0.1, 0.15) is 16.1 Å². The van der Waals surface area contributed by atoms with Crippen LogP contribution in [0.2, 0.25) is 0 Å². The van der Waals surface area contributed by atoms with Gasteiger partial charge < -0.3 is 5.32 Å². The minimum Gasteiger partial charge on any atom is -0.321 e. The van der Waals surface area contributed by atoms with Gasteiger partial charge in [0.25, 0.3) is 5.91 Å². The molecule has 0 atom stereocenters. The number of nitrogens with zero attached hydrogens (tertiary/aromatic N) is 3. The average Bonchev–Trinajstić information content (AvgIpc) is 3.16. The van der Waals surface area contributed by atoms with Gasteiger partial charge in [0.2, 0.25) is 0 Å². The predicted molar refractivity (Wildman–Crippen MR) is 106 cm³/mol. The Balaban J connectivity index is 1.73. The van der Waals surface area contributed by atoms with Gasteiger partial charge in [-0.2, -0.15) is 5.10 Å². The maximum absolute atomic E-state index is 13.3. The van der Waals surface area contributed by atoms with Crippen molar-refractivity contribution in [3.63, 3.8) is 0 Å². The molecular weight excluding hydrogens is 355 g/mol. The molecule has 0 spiro atoms. The van der Waals surface area contributed by atoms with E-state index in [1.165, 1.54) is 12.1 Å². The number of carbonyl (C=O) groups is 1. The second-order valence-electron chi connectivity index (χ2n) is 6.36. The van der Waals surface area contributed by atoms with Gasteiger partial charge in [-0.25, -0.2) is 9.07 Å². The highest BCUT2D eigenvalue weighted by molar-refractivity contribution is 6.03. The van der Waals surface area contributed by atoms with Crippen molar-refractivity contribution in [3.8, 4) is 16.9 Å². The van der Waals surface area contributed by atoms with Crippen LogP contribution in [0.25, 0.3) is 16.9 Å². The van der Waals surface area contributed by atoms with Gasteiger partial charge in [0, 0.05) is 23.6 Å². The van der Waals surface area contributed by atoms with Crippen LogP contribution in [-0.2, 0) is 0 Å². The number of amides is 1. The molecule has 5 nitrogen and oxygen atoms in total. The van der Waals surface area contributed by atoms with Gasteiger partial charge in [0.15, 0.2) is 5.69 Å². The summed E-state index contributed by atoms with van der Waals surface area (Å²) in [6.07, 6.45) is 3.37. The number of halogens is 1. The highest BCUT2D eigenvalue weighted by Gasteiger charge is 2.17. The number of rotatable bonds is 4. The first kappa shape index (κ1) is 17.6. The quantitative estimate of drug-likeness (QED) is 0.568. The van der Waals surface area contributed by atoms with E-state index in [9.17, 15) is 9.18 Å². The number of aromatic nitrogens is 3. The zero-order chi connectivity index (χ0) is 19.5. The molecule has 0 aliphatic carbocycles. The maximum Gasteiger partial charge on any atom is 0.276 e. The minimum absolute atomic E-state index is 0.253. The summed E-state index contributed by atoms with van der Waals surface area (Å²) < 4.78 is 14.9. The van der Waals surface area contributed by atoms with Crippen LogP contribution in [-0.4, -0.2) is 20.7 Å². The SMILES string of the molecule is Cc1ccc(NC(=O)c2cc(-c3cccnc3)n(-c3ccc(F)cc3)n2)cc1. The zero-order valence-corrected chi connectivity index (χ0v) is 15.1. The van der Waals surface area contributed by atoms with Crippen LogP contribution < -0.4 is 5.32 Å². The molecule has 0 fully saturated rings. The third kappa shape index (κ3) is 3.66. The highest BCUT2D eigenvalue weighted by Crippen LogP contribution is 2.24. The lowest BCUT2D eigenvalue weighted by Gasteiger charge is -2.07. The second kappa shape index (κ2) is 7.44. The summed E-state index contributed by atoms with van der Waals surface area (Å²) in [7, 11) is 0. The molecule has 6 heteroatoms. The number of carbonyl (C=O) groups excluding carboxylic acids is 1. The largest absolute Gasteiger partial charge is 0.321 e. The molecular formula is C22H17FN4O. The number of hydrogen-bond acceptors (Lipinski definition) is 3. The Kier molecular flexibility index (Phi) is 4.68. The van der Waals surface area contributed by atoms with Gasteiger partial charge in [-0.15, -0.1) is 0 Å². The number of nitrogens with one attached hydrogen (secondary N) is 1. The van der Waals surface area contributed by atoms with Gasteiger partial charge in [-0.05, 0) is 61.5 Å². The molecule has 1 amide bonds. The Morgan fingerprint density at radius 3 is 2.46 bits per heavy atom. The van der Waals surface area contributed by atoms with Crippen molar-refractivity contribution in [2.24, 2.45) is 0 Å². The molecule has 2 aromatic carbocycles. The third-order valence-corrected chi connectivity index (χ3v) is 4.28. The molecule has 4 aromatic rings. The highest BCUT2D eigenvalue weighted by atomic mass is 19.1. The molecule has 1 N–H and O–H groups in total. The fourth-order valence-electron chi connectivity index (χ4n) is 2.82. The first-order chi connectivity index (χ1) is 13.6. The predicted octanol–water partition coefficient (Wildman–Crippen LogP) is 4.63. The van der Waals surface area contributed by atoms with Crippen molar-refractivity contribution in [1.82, 2.24) is 14.8 Å². The lowest BCUT2D eigenvalue weighted by molar-refractivity contribution is 0.102. The summed E-state index contributed by atoms with van der Waals surface area (Å²) in [4.78, 5) is 16.9. The van der Waals surface area contributed by atoms with E-state index in [1.54, 1.807) is 35.3 Å². The van der Waals surface area contributed by atoms with Crippen LogP contribution >= 0.6 is 0 Å². The van der Waals surface area contributed by atoms with E-state index >= 15 is 0 Å². The molecule has 2 aromatic heterocycles. The Labute approximate surface area is 161 Å². The van der Waals surface area contributed by atoms with E-state index in [4.69, 9.17) is 0 Å². The van der Waals surface area contributed by atoms with E-state index in [1.807, 2.05) is 43.3 Å². The molecule has 0 aliphatic rings. The van der Waals surface area contributed by atoms with E-state index in [0.717, 1.165) is 11.1 Å². The van der Waals surface area contributed by atoms with E-state index in [0.29, 0.717) is 17.1 Å². The van der Waals surface area contributed by atoms with Crippen molar-refractivity contribution in [1.29, 1.82) is 0 Å². The Morgan fingerprint density at radius 2 is 1.79 bits per heavy atom. The van der Waals surface area contributed by atoms with Crippen LogP contribution in [0.4, 0.5) is 10.1 Å². The molecule has 0 saturated heterocycles. The standard InChI is InChI=1S/C22H17FN4O/c1-15-4-8-18(9-5-15)25-22(28)20-13-21(16-3-2-12-24-14-16)27(26-20)19-10-6-17(23)7-11-19/h2-14H,1H3,(H,25,28). The lowest BCUT2D eigenvalue weighted by Crippen LogP contribution is -2.13. The summed E-state index contributed by atoms with van der Waals surface area (Å²) in [5.74, 6) is -0.661. The van der Waals surface area contributed by atoms with Crippen molar-refractivity contribution < 1.29 is 9.18 Å². The summed E-state index contributed by atoms with van der Waals surface area (Å²) in [5, 5.41) is 7.30. The molecule has 0 radical (unpaired) electrons. The number of benzene rings is 2. The summed E-state index contributed by atoms with van der Waals surface area (Å²) in [5.41, 5.74) is 4.19. The average molecular weight is 372 g/mol. The molecule has 28 heavy (non-hydrogen) atoms. The summed E-state index contributed by atoms with van der Waals surface area (Å²) >= 11 is 0. The molecule has 4 rings (SSSR count). The van der Waals surface area contributed by atoms with Gasteiger partial charge in [0.05, 0.1) is 11.4 Å².